The molecule has 120 valence electrons. The highest BCUT2D eigenvalue weighted by Gasteiger charge is 2.30. The minimum absolute atomic E-state index is 0.244. The first-order valence-corrected chi connectivity index (χ1v) is 10.5. The summed E-state index contributed by atoms with van der Waals surface area (Å²) in [5.41, 5.74) is 0. The number of hydrogen-bond donors (Lipinski definition) is 1. The second kappa shape index (κ2) is 6.29. The average Bonchev–Trinajstić information content (AvgIpc) is 2.26. The Morgan fingerprint density at radius 3 is 2.30 bits per heavy atom. The summed E-state index contributed by atoms with van der Waals surface area (Å²) in [4.78, 5) is 0. The molecule has 8 heteroatoms. The van der Waals surface area contributed by atoms with Crippen molar-refractivity contribution in [2.45, 2.75) is 31.4 Å². The lowest BCUT2D eigenvalue weighted by molar-refractivity contribution is 0.260. The second-order valence-corrected chi connectivity index (χ2v) is 10.9. The third-order valence-corrected chi connectivity index (χ3v) is 7.36. The molecular weight excluding hydrogens is 300 g/mol. The highest BCUT2D eigenvalue weighted by Crippen LogP contribution is 2.19. The molecule has 0 aromatic heterocycles. The molecule has 6 nitrogen and oxygen atoms in total. The van der Waals surface area contributed by atoms with Gasteiger partial charge in [-0.25, -0.2) is 21.1 Å². The Morgan fingerprint density at radius 2 is 1.80 bits per heavy atom. The van der Waals surface area contributed by atoms with Gasteiger partial charge in [0.2, 0.25) is 10.0 Å². The van der Waals surface area contributed by atoms with Gasteiger partial charge in [0.25, 0.3) is 0 Å². The van der Waals surface area contributed by atoms with Crippen molar-refractivity contribution in [1.29, 1.82) is 0 Å². The molecule has 0 aromatic rings. The lowest BCUT2D eigenvalue weighted by Gasteiger charge is -2.32. The van der Waals surface area contributed by atoms with Gasteiger partial charge in [0.05, 0.1) is 11.0 Å². The Bertz CT molecular complexity index is 526. The minimum Gasteiger partial charge on any atom is -0.315 e. The van der Waals surface area contributed by atoms with Crippen LogP contribution in [0, 0.1) is 5.92 Å². The summed E-state index contributed by atoms with van der Waals surface area (Å²) in [6, 6.07) is 0. The molecule has 0 bridgehead atoms. The number of piperidine rings is 1. The number of sulfone groups is 1. The van der Waals surface area contributed by atoms with Crippen LogP contribution in [0.1, 0.15) is 26.7 Å². The second-order valence-electron chi connectivity index (χ2n) is 6.29. The number of nitrogens with zero attached hydrogens (tertiary/aromatic N) is 1. The molecule has 0 spiro atoms. The van der Waals surface area contributed by atoms with Crippen LogP contribution in [0.2, 0.25) is 0 Å². The van der Waals surface area contributed by atoms with Gasteiger partial charge < -0.3 is 5.32 Å². The normalized spacial score (nSPS) is 22.9. The zero-order valence-electron chi connectivity index (χ0n) is 12.7. The van der Waals surface area contributed by atoms with E-state index in [9.17, 15) is 16.8 Å². The van der Waals surface area contributed by atoms with E-state index in [-0.39, 0.29) is 5.92 Å². The summed E-state index contributed by atoms with van der Waals surface area (Å²) in [5, 5.41) is 3.17. The predicted octanol–water partition coefficient (Wildman–Crippen LogP) is 0.0708. The van der Waals surface area contributed by atoms with Crippen LogP contribution in [-0.4, -0.2) is 64.6 Å². The number of sulfonamides is 1. The van der Waals surface area contributed by atoms with Crippen molar-refractivity contribution < 1.29 is 16.8 Å². The molecule has 1 N–H and O–H groups in total. The summed E-state index contributed by atoms with van der Waals surface area (Å²) in [7, 11) is -6.23. The molecule has 1 saturated heterocycles. The third kappa shape index (κ3) is 4.98. The fraction of sp³-hybridized carbons (Fsp3) is 1.00. The first-order valence-electron chi connectivity index (χ1n) is 6.79. The van der Waals surface area contributed by atoms with Crippen LogP contribution in [0.5, 0.6) is 0 Å². The van der Waals surface area contributed by atoms with Crippen LogP contribution in [0.4, 0.5) is 0 Å². The van der Waals surface area contributed by atoms with Gasteiger partial charge in [-0.15, -0.1) is 0 Å². The predicted molar refractivity (Wildman–Crippen MR) is 80.9 cm³/mol. The van der Waals surface area contributed by atoms with Crippen molar-refractivity contribution in [3.63, 3.8) is 0 Å². The van der Waals surface area contributed by atoms with E-state index in [4.69, 9.17) is 0 Å². The Hall–Kier alpha value is -0.180. The number of rotatable bonds is 6. The van der Waals surface area contributed by atoms with E-state index in [2.05, 4.69) is 5.32 Å². The van der Waals surface area contributed by atoms with E-state index in [0.717, 1.165) is 12.8 Å². The molecule has 0 aromatic carbocycles. The molecule has 1 rings (SSSR count). The van der Waals surface area contributed by atoms with Gasteiger partial charge in [-0.1, -0.05) is 0 Å². The molecule has 1 heterocycles. The van der Waals surface area contributed by atoms with E-state index >= 15 is 0 Å². The molecule has 0 radical (unpaired) electrons. The molecule has 20 heavy (non-hydrogen) atoms. The van der Waals surface area contributed by atoms with Crippen molar-refractivity contribution in [3.05, 3.63) is 0 Å². The zero-order chi connectivity index (χ0) is 15.6. The molecule has 0 saturated carbocycles. The average molecular weight is 326 g/mol. The van der Waals surface area contributed by atoms with E-state index in [0.29, 0.717) is 26.2 Å². The van der Waals surface area contributed by atoms with E-state index in [1.165, 1.54) is 16.8 Å². The highest BCUT2D eigenvalue weighted by atomic mass is 32.2. The van der Waals surface area contributed by atoms with Gasteiger partial charge in [-0.3, -0.25) is 0 Å². The summed E-state index contributed by atoms with van der Waals surface area (Å²) in [6.07, 6.45) is 4.30. The largest absolute Gasteiger partial charge is 0.315 e. The zero-order valence-corrected chi connectivity index (χ0v) is 14.3. The molecule has 1 atom stereocenters. The Morgan fingerprint density at radius 1 is 1.20 bits per heavy atom. The fourth-order valence-corrected chi connectivity index (χ4v) is 3.51. The molecule has 0 aliphatic carbocycles. The van der Waals surface area contributed by atoms with Crippen LogP contribution in [-0.2, 0) is 19.9 Å². The van der Waals surface area contributed by atoms with Gasteiger partial charge in [0.1, 0.15) is 0 Å². The summed E-state index contributed by atoms with van der Waals surface area (Å²) in [6.45, 7) is 5.51. The minimum atomic E-state index is -3.13. The third-order valence-electron chi connectivity index (χ3n) is 3.94. The number of nitrogens with one attached hydrogen (secondary N) is 1. The van der Waals surface area contributed by atoms with Crippen LogP contribution in [0.15, 0.2) is 0 Å². The topological polar surface area (TPSA) is 83.6 Å². The molecule has 1 fully saturated rings. The Labute approximate surface area is 122 Å². The highest BCUT2D eigenvalue weighted by molar-refractivity contribution is 7.92. The lowest BCUT2D eigenvalue weighted by Crippen LogP contribution is -2.46. The van der Waals surface area contributed by atoms with Crippen LogP contribution in [0.25, 0.3) is 0 Å². The maximum atomic E-state index is 11.6. The van der Waals surface area contributed by atoms with Crippen molar-refractivity contribution in [3.8, 4) is 0 Å². The smallest absolute Gasteiger partial charge is 0.211 e. The molecule has 0 amide bonds. The lowest BCUT2D eigenvalue weighted by atomic mass is 9.99. The first-order chi connectivity index (χ1) is 8.93. The monoisotopic (exact) mass is 326 g/mol. The van der Waals surface area contributed by atoms with Gasteiger partial charge in [-0.05, 0) is 39.2 Å². The standard InChI is InChI=1S/C12H26N2O4S2/c1-12(2,19(3,15)16)10-13-8-11-6-5-7-14(9-11)20(4,17)18/h11,13H,5-10H2,1-4H3. The van der Waals surface area contributed by atoms with E-state index in [1.54, 1.807) is 13.8 Å². The van der Waals surface area contributed by atoms with E-state index < -0.39 is 24.6 Å². The molecular formula is C12H26N2O4S2. The molecule has 1 aliphatic heterocycles. The van der Waals surface area contributed by atoms with Gasteiger partial charge in [0.15, 0.2) is 9.84 Å². The van der Waals surface area contributed by atoms with Gasteiger partial charge >= 0.3 is 0 Å². The maximum Gasteiger partial charge on any atom is 0.211 e. The summed E-state index contributed by atoms with van der Waals surface area (Å²) < 4.78 is 46.9. The molecule has 1 unspecified atom stereocenters. The van der Waals surface area contributed by atoms with Gasteiger partial charge in [-0.2, -0.15) is 0 Å². The Balaban J connectivity index is 2.47. The van der Waals surface area contributed by atoms with Crippen molar-refractivity contribution >= 4 is 19.9 Å². The van der Waals surface area contributed by atoms with Crippen molar-refractivity contribution in [2.75, 3.05) is 38.7 Å². The van der Waals surface area contributed by atoms with Crippen molar-refractivity contribution in [2.24, 2.45) is 5.92 Å². The number of hydrogen-bond acceptors (Lipinski definition) is 5. The first kappa shape index (κ1) is 17.9. The SMILES string of the molecule is CC(C)(CNCC1CCCN(S(C)(=O)=O)C1)S(C)(=O)=O. The molecule has 1 aliphatic rings. The fourth-order valence-electron chi connectivity index (χ4n) is 2.20. The maximum absolute atomic E-state index is 11.6. The summed E-state index contributed by atoms with van der Waals surface area (Å²) in [5.74, 6) is 0.244. The van der Waals surface area contributed by atoms with Crippen molar-refractivity contribution in [1.82, 2.24) is 9.62 Å². The van der Waals surface area contributed by atoms with Crippen LogP contribution in [0.3, 0.4) is 0 Å². The van der Waals surface area contributed by atoms with E-state index in [1.807, 2.05) is 0 Å². The van der Waals surface area contributed by atoms with Gasteiger partial charge in [0, 0.05) is 25.9 Å². The van der Waals surface area contributed by atoms with Crippen LogP contribution >= 0.6 is 0 Å². The quantitative estimate of drug-likeness (QED) is 0.747. The van der Waals surface area contributed by atoms with Crippen LogP contribution < -0.4 is 5.32 Å². The summed E-state index contributed by atoms with van der Waals surface area (Å²) >= 11 is 0. The Kier molecular flexibility index (Phi) is 5.62.